The van der Waals surface area contributed by atoms with E-state index < -0.39 is 23.3 Å². The summed E-state index contributed by atoms with van der Waals surface area (Å²) >= 11 is 0. The maximum atomic E-state index is 14.9. The minimum absolute atomic E-state index is 0.0495. The van der Waals surface area contributed by atoms with Crippen molar-refractivity contribution in [1.82, 2.24) is 0 Å². The molecule has 0 saturated heterocycles. The molecule has 0 aromatic heterocycles. The molecule has 0 aliphatic heterocycles. The standard InChI is InChI=1S/C29H32F4O2/c1-5-6-7-8-9-19(4)35-25-17-15-23(27(31)29(25)33)21-12-10-20(11-13-21)22-14-16-24(34-18(2)3)28(32)26(22)30/h10-19H,5-9H2,1-4H3/t19-/m1/s1. The molecule has 0 fully saturated rings. The van der Waals surface area contributed by atoms with Crippen LogP contribution >= 0.6 is 0 Å². The smallest absolute Gasteiger partial charge is 0.201 e. The normalized spacial score (nSPS) is 12.1. The molecule has 2 nitrogen and oxygen atoms in total. The van der Waals surface area contributed by atoms with Gasteiger partial charge in [-0.15, -0.1) is 0 Å². The first-order valence-corrected chi connectivity index (χ1v) is 12.1. The SMILES string of the molecule is CCCCCC[C@@H](C)Oc1ccc(-c2ccc(-c3ccc(OC(C)C)c(F)c3F)cc2)c(F)c1F. The number of hydrogen-bond donors (Lipinski definition) is 0. The molecule has 1 atom stereocenters. The molecule has 0 saturated carbocycles. The molecule has 0 aliphatic rings. The predicted octanol–water partition coefficient (Wildman–Crippen LogP) is 9.10. The third-order valence-electron chi connectivity index (χ3n) is 5.76. The van der Waals surface area contributed by atoms with E-state index in [2.05, 4.69) is 6.92 Å². The van der Waals surface area contributed by atoms with E-state index in [1.165, 1.54) is 36.4 Å². The van der Waals surface area contributed by atoms with E-state index in [0.717, 1.165) is 32.1 Å². The molecule has 0 aliphatic carbocycles. The fourth-order valence-corrected chi connectivity index (χ4v) is 3.91. The van der Waals surface area contributed by atoms with Gasteiger partial charge in [-0.25, -0.2) is 8.78 Å². The summed E-state index contributed by atoms with van der Waals surface area (Å²) in [5.74, 6) is -4.43. The lowest BCUT2D eigenvalue weighted by atomic mass is 9.99. The molecular weight excluding hydrogens is 456 g/mol. The maximum Gasteiger partial charge on any atom is 0.201 e. The van der Waals surface area contributed by atoms with Crippen molar-refractivity contribution in [2.75, 3.05) is 0 Å². The molecule has 0 bridgehead atoms. The molecule has 3 rings (SSSR count). The van der Waals surface area contributed by atoms with Crippen molar-refractivity contribution >= 4 is 0 Å². The quantitative estimate of drug-likeness (QED) is 0.198. The largest absolute Gasteiger partial charge is 0.488 e. The number of unbranched alkanes of at least 4 members (excludes halogenated alkanes) is 3. The van der Waals surface area contributed by atoms with Crippen molar-refractivity contribution in [1.29, 1.82) is 0 Å². The van der Waals surface area contributed by atoms with Crippen LogP contribution in [0.3, 0.4) is 0 Å². The zero-order chi connectivity index (χ0) is 25.5. The van der Waals surface area contributed by atoms with Gasteiger partial charge in [-0.3, -0.25) is 0 Å². The third-order valence-corrected chi connectivity index (χ3v) is 5.76. The van der Waals surface area contributed by atoms with Gasteiger partial charge in [0.05, 0.1) is 12.2 Å². The van der Waals surface area contributed by atoms with Gasteiger partial charge in [-0.2, -0.15) is 8.78 Å². The van der Waals surface area contributed by atoms with Crippen LogP contribution in [-0.4, -0.2) is 12.2 Å². The lowest BCUT2D eigenvalue weighted by molar-refractivity contribution is 0.195. The average Bonchev–Trinajstić information content (AvgIpc) is 2.83. The molecular formula is C29H32F4O2. The van der Waals surface area contributed by atoms with Crippen molar-refractivity contribution in [2.45, 2.75) is 72.0 Å². The Labute approximate surface area is 204 Å². The van der Waals surface area contributed by atoms with Crippen molar-refractivity contribution in [3.05, 3.63) is 71.8 Å². The van der Waals surface area contributed by atoms with Crippen LogP contribution in [0.25, 0.3) is 22.3 Å². The Morgan fingerprint density at radius 2 is 1.09 bits per heavy atom. The van der Waals surface area contributed by atoms with E-state index >= 15 is 0 Å². The van der Waals surface area contributed by atoms with Gasteiger partial charge < -0.3 is 9.47 Å². The molecule has 188 valence electrons. The van der Waals surface area contributed by atoms with Crippen LogP contribution in [0.5, 0.6) is 11.5 Å². The Hall–Kier alpha value is -3.02. The van der Waals surface area contributed by atoms with Crippen LogP contribution in [0.4, 0.5) is 17.6 Å². The highest BCUT2D eigenvalue weighted by molar-refractivity contribution is 5.72. The van der Waals surface area contributed by atoms with E-state index in [4.69, 9.17) is 9.47 Å². The molecule has 0 amide bonds. The van der Waals surface area contributed by atoms with Crippen molar-refractivity contribution < 1.29 is 27.0 Å². The lowest BCUT2D eigenvalue weighted by Gasteiger charge is -2.16. The average molecular weight is 489 g/mol. The summed E-state index contributed by atoms with van der Waals surface area (Å²) in [6.07, 6.45) is 4.58. The van der Waals surface area contributed by atoms with Gasteiger partial charge in [0.25, 0.3) is 0 Å². The molecule has 0 heterocycles. The van der Waals surface area contributed by atoms with Crippen LogP contribution in [0.15, 0.2) is 48.5 Å². The lowest BCUT2D eigenvalue weighted by Crippen LogP contribution is -2.13. The second-order valence-corrected chi connectivity index (χ2v) is 9.00. The van der Waals surface area contributed by atoms with Crippen LogP contribution in [0.1, 0.15) is 59.8 Å². The van der Waals surface area contributed by atoms with Gasteiger partial charge in [-0.1, -0.05) is 50.5 Å². The summed E-state index contributed by atoms with van der Waals surface area (Å²) in [6, 6.07) is 11.9. The maximum absolute atomic E-state index is 14.9. The summed E-state index contributed by atoms with van der Waals surface area (Å²) in [7, 11) is 0. The highest BCUT2D eigenvalue weighted by Crippen LogP contribution is 2.34. The summed E-state index contributed by atoms with van der Waals surface area (Å²) < 4.78 is 69.5. The molecule has 35 heavy (non-hydrogen) atoms. The molecule has 0 unspecified atom stereocenters. The topological polar surface area (TPSA) is 18.5 Å². The first-order valence-electron chi connectivity index (χ1n) is 12.1. The Morgan fingerprint density at radius 1 is 0.600 bits per heavy atom. The van der Waals surface area contributed by atoms with Crippen molar-refractivity contribution in [3.63, 3.8) is 0 Å². The molecule has 6 heteroatoms. The fraction of sp³-hybridized carbons (Fsp3) is 0.379. The minimum Gasteiger partial charge on any atom is -0.488 e. The Morgan fingerprint density at radius 3 is 1.54 bits per heavy atom. The number of halogens is 4. The van der Waals surface area contributed by atoms with E-state index in [9.17, 15) is 17.6 Å². The molecule has 3 aromatic carbocycles. The summed E-state index contributed by atoms with van der Waals surface area (Å²) in [5.41, 5.74) is 0.918. The van der Waals surface area contributed by atoms with Crippen LogP contribution in [0.2, 0.25) is 0 Å². The number of benzene rings is 3. The van der Waals surface area contributed by atoms with Crippen molar-refractivity contribution in [3.8, 4) is 33.8 Å². The zero-order valence-electron chi connectivity index (χ0n) is 20.6. The summed E-state index contributed by atoms with van der Waals surface area (Å²) in [6.45, 7) is 7.42. The first kappa shape index (κ1) is 26.6. The fourth-order valence-electron chi connectivity index (χ4n) is 3.91. The zero-order valence-corrected chi connectivity index (χ0v) is 20.6. The highest BCUT2D eigenvalue weighted by atomic mass is 19.2. The van der Waals surface area contributed by atoms with Crippen molar-refractivity contribution in [2.24, 2.45) is 0 Å². The van der Waals surface area contributed by atoms with Gasteiger partial charge in [0.15, 0.2) is 23.1 Å². The van der Waals surface area contributed by atoms with Crippen LogP contribution in [-0.2, 0) is 0 Å². The Bertz CT molecular complexity index is 1130. The highest BCUT2D eigenvalue weighted by Gasteiger charge is 2.19. The van der Waals surface area contributed by atoms with Gasteiger partial charge in [-0.05, 0) is 69.0 Å². The van der Waals surface area contributed by atoms with Gasteiger partial charge in [0, 0.05) is 11.1 Å². The number of ether oxygens (including phenoxy) is 2. The van der Waals surface area contributed by atoms with E-state index in [1.54, 1.807) is 26.0 Å². The second kappa shape index (κ2) is 12.1. The summed E-state index contributed by atoms with van der Waals surface area (Å²) in [4.78, 5) is 0. The number of rotatable bonds is 11. The Kier molecular flexibility index (Phi) is 9.19. The number of hydrogen-bond acceptors (Lipinski definition) is 2. The molecule has 0 N–H and O–H groups in total. The minimum atomic E-state index is -1.07. The second-order valence-electron chi connectivity index (χ2n) is 9.00. The van der Waals surface area contributed by atoms with Crippen LogP contribution in [0, 0.1) is 23.3 Å². The Balaban J connectivity index is 1.77. The predicted molar refractivity (Wildman–Crippen MR) is 132 cm³/mol. The van der Waals surface area contributed by atoms with Gasteiger partial charge in [0.1, 0.15) is 0 Å². The van der Waals surface area contributed by atoms with Gasteiger partial charge in [0.2, 0.25) is 11.6 Å². The third kappa shape index (κ3) is 6.56. The molecule has 0 radical (unpaired) electrons. The van der Waals surface area contributed by atoms with Crippen LogP contribution < -0.4 is 9.47 Å². The monoisotopic (exact) mass is 488 g/mol. The molecule has 0 spiro atoms. The van der Waals surface area contributed by atoms with Gasteiger partial charge >= 0.3 is 0 Å². The van der Waals surface area contributed by atoms with E-state index in [-0.39, 0.29) is 34.8 Å². The molecule has 3 aromatic rings. The van der Waals surface area contributed by atoms with E-state index in [1.807, 2.05) is 6.92 Å². The van der Waals surface area contributed by atoms with E-state index in [0.29, 0.717) is 11.1 Å². The summed E-state index contributed by atoms with van der Waals surface area (Å²) in [5, 5.41) is 0. The first-order chi connectivity index (χ1) is 16.7.